The molecule has 40 heavy (non-hydrogen) atoms. The Kier molecular flexibility index (Phi) is 10.1. The van der Waals surface area contributed by atoms with Crippen molar-refractivity contribution >= 4 is 18.0 Å². The van der Waals surface area contributed by atoms with E-state index in [0.717, 1.165) is 5.56 Å². The standard InChI is InChI=1S/C33H39NO6/c1-8-34(9-2)32(37)40-29-27(22-14-12-16-24(18-22)30(35)38-10-3)20-26(33(5,6)7)21-28(29)23-15-13-17-25(19-23)31(36)39-11-4/h12-21H,8-11H2,1-7H3. The van der Waals surface area contributed by atoms with Gasteiger partial charge in [-0.15, -0.1) is 0 Å². The molecule has 0 atom stereocenters. The quantitative estimate of drug-likeness (QED) is 0.259. The monoisotopic (exact) mass is 545 g/mol. The topological polar surface area (TPSA) is 82.1 Å². The second-order valence-corrected chi connectivity index (χ2v) is 10.3. The van der Waals surface area contributed by atoms with Gasteiger partial charge in [0.15, 0.2) is 0 Å². The van der Waals surface area contributed by atoms with Crippen LogP contribution in [0.15, 0.2) is 60.7 Å². The number of ether oxygens (including phenoxy) is 3. The van der Waals surface area contributed by atoms with Gasteiger partial charge in [-0.2, -0.15) is 0 Å². The number of amides is 1. The first-order valence-electron chi connectivity index (χ1n) is 13.7. The summed E-state index contributed by atoms with van der Waals surface area (Å²) >= 11 is 0. The van der Waals surface area contributed by atoms with Crippen LogP contribution in [0.2, 0.25) is 0 Å². The number of hydrogen-bond donors (Lipinski definition) is 0. The van der Waals surface area contributed by atoms with Crippen molar-refractivity contribution in [3.05, 3.63) is 77.4 Å². The summed E-state index contributed by atoms with van der Waals surface area (Å²) in [5.74, 6) is -0.521. The lowest BCUT2D eigenvalue weighted by Crippen LogP contribution is -2.33. The molecular formula is C33H39NO6. The molecule has 0 aliphatic rings. The molecule has 0 spiro atoms. The van der Waals surface area contributed by atoms with Gasteiger partial charge in [0.05, 0.1) is 24.3 Å². The van der Waals surface area contributed by atoms with E-state index in [1.165, 1.54) is 0 Å². The lowest BCUT2D eigenvalue weighted by molar-refractivity contribution is 0.0517. The Balaban J connectivity index is 2.35. The van der Waals surface area contributed by atoms with Crippen molar-refractivity contribution in [2.24, 2.45) is 0 Å². The van der Waals surface area contributed by atoms with Crippen molar-refractivity contribution in [1.82, 2.24) is 4.90 Å². The molecule has 7 heteroatoms. The van der Waals surface area contributed by atoms with Gasteiger partial charge in [-0.1, -0.05) is 45.0 Å². The van der Waals surface area contributed by atoms with Crippen LogP contribution in [0.1, 0.15) is 74.7 Å². The molecule has 0 fully saturated rings. The summed E-state index contributed by atoms with van der Waals surface area (Å²) in [5.41, 5.74) is 4.21. The molecule has 3 aromatic rings. The van der Waals surface area contributed by atoms with Crippen LogP contribution in [-0.4, -0.2) is 49.2 Å². The molecular weight excluding hydrogens is 506 g/mol. The number of nitrogens with zero attached hydrogens (tertiary/aromatic N) is 1. The maximum atomic E-state index is 13.3. The molecule has 0 aliphatic heterocycles. The first-order valence-corrected chi connectivity index (χ1v) is 13.7. The lowest BCUT2D eigenvalue weighted by atomic mass is 9.82. The summed E-state index contributed by atoms with van der Waals surface area (Å²) in [6.07, 6.45) is -0.487. The first-order chi connectivity index (χ1) is 19.0. The Morgan fingerprint density at radius 3 is 1.52 bits per heavy atom. The zero-order valence-electron chi connectivity index (χ0n) is 24.5. The van der Waals surface area contributed by atoms with Crippen LogP contribution in [0.3, 0.4) is 0 Å². The zero-order valence-corrected chi connectivity index (χ0v) is 24.5. The Hall–Kier alpha value is -4.13. The molecule has 1 amide bonds. The van der Waals surface area contributed by atoms with Crippen molar-refractivity contribution in [2.45, 2.75) is 53.9 Å². The molecule has 0 aromatic heterocycles. The molecule has 0 bridgehead atoms. The minimum Gasteiger partial charge on any atom is -0.462 e. The smallest absolute Gasteiger partial charge is 0.415 e. The fourth-order valence-electron chi connectivity index (χ4n) is 4.29. The summed E-state index contributed by atoms with van der Waals surface area (Å²) in [4.78, 5) is 40.0. The Bertz CT molecular complexity index is 1280. The van der Waals surface area contributed by atoms with Crippen LogP contribution < -0.4 is 4.74 Å². The molecule has 0 aliphatic carbocycles. The van der Waals surface area contributed by atoms with E-state index < -0.39 is 18.0 Å². The van der Waals surface area contributed by atoms with Gasteiger partial charge in [-0.05, 0) is 86.2 Å². The predicted molar refractivity (Wildman–Crippen MR) is 157 cm³/mol. The van der Waals surface area contributed by atoms with E-state index in [4.69, 9.17) is 14.2 Å². The van der Waals surface area contributed by atoms with Crippen LogP contribution in [0.4, 0.5) is 4.79 Å². The van der Waals surface area contributed by atoms with E-state index in [2.05, 4.69) is 20.8 Å². The summed E-state index contributed by atoms with van der Waals surface area (Å²) < 4.78 is 16.6. The molecule has 0 saturated carbocycles. The summed E-state index contributed by atoms with van der Waals surface area (Å²) in [6, 6.07) is 18.2. The summed E-state index contributed by atoms with van der Waals surface area (Å²) in [6.45, 7) is 15.1. The Labute approximate surface area is 237 Å². The molecule has 0 saturated heterocycles. The molecule has 7 nitrogen and oxygen atoms in total. The highest BCUT2D eigenvalue weighted by molar-refractivity contribution is 5.95. The highest BCUT2D eigenvalue weighted by atomic mass is 16.6. The van der Waals surface area contributed by atoms with Gasteiger partial charge < -0.3 is 19.1 Å². The number of benzene rings is 3. The van der Waals surface area contributed by atoms with Crippen molar-refractivity contribution in [1.29, 1.82) is 0 Å². The van der Waals surface area contributed by atoms with E-state index in [9.17, 15) is 14.4 Å². The third-order valence-corrected chi connectivity index (χ3v) is 6.54. The second kappa shape index (κ2) is 13.3. The fourth-order valence-corrected chi connectivity index (χ4v) is 4.29. The van der Waals surface area contributed by atoms with Crippen molar-refractivity contribution in [3.63, 3.8) is 0 Å². The van der Waals surface area contributed by atoms with E-state index in [1.54, 1.807) is 55.1 Å². The van der Waals surface area contributed by atoms with Crippen LogP contribution >= 0.6 is 0 Å². The Morgan fingerprint density at radius 1 is 0.700 bits per heavy atom. The normalized spacial score (nSPS) is 11.1. The summed E-state index contributed by atoms with van der Waals surface area (Å²) in [7, 11) is 0. The lowest BCUT2D eigenvalue weighted by Gasteiger charge is -2.26. The van der Waals surface area contributed by atoms with Crippen molar-refractivity contribution in [3.8, 4) is 28.0 Å². The van der Waals surface area contributed by atoms with Crippen molar-refractivity contribution in [2.75, 3.05) is 26.3 Å². The SMILES string of the molecule is CCOC(=O)c1cccc(-c2cc(C(C)(C)C)cc(-c3cccc(C(=O)OCC)c3)c2OC(=O)N(CC)CC)c1. The molecule has 212 valence electrons. The number of rotatable bonds is 9. The van der Waals surface area contributed by atoms with Gasteiger partial charge >= 0.3 is 18.0 Å². The zero-order chi connectivity index (χ0) is 29.4. The Morgan fingerprint density at radius 2 is 1.15 bits per heavy atom. The van der Waals surface area contributed by atoms with E-state index >= 15 is 0 Å². The minimum atomic E-state index is -0.487. The molecule has 0 unspecified atom stereocenters. The fraction of sp³-hybridized carbons (Fsp3) is 0.364. The minimum absolute atomic E-state index is 0.260. The van der Waals surface area contributed by atoms with E-state index in [-0.39, 0.29) is 18.6 Å². The third-order valence-electron chi connectivity index (χ3n) is 6.54. The largest absolute Gasteiger partial charge is 0.462 e. The van der Waals surface area contributed by atoms with Crippen molar-refractivity contribution < 1.29 is 28.6 Å². The second-order valence-electron chi connectivity index (χ2n) is 10.3. The average molecular weight is 546 g/mol. The van der Waals surface area contributed by atoms with Crippen LogP contribution in [0.5, 0.6) is 5.75 Å². The average Bonchev–Trinajstić information content (AvgIpc) is 2.93. The summed E-state index contributed by atoms with van der Waals surface area (Å²) in [5, 5.41) is 0. The number of hydrogen-bond acceptors (Lipinski definition) is 6. The molecule has 3 rings (SSSR count). The van der Waals surface area contributed by atoms with Crippen LogP contribution in [0, 0.1) is 0 Å². The van der Waals surface area contributed by atoms with Crippen LogP contribution in [0.25, 0.3) is 22.3 Å². The molecule has 0 heterocycles. The molecule has 0 N–H and O–H groups in total. The number of carbonyl (C=O) groups is 3. The van der Waals surface area contributed by atoms with Gasteiger partial charge in [0.25, 0.3) is 0 Å². The maximum absolute atomic E-state index is 13.3. The third kappa shape index (κ3) is 7.08. The van der Waals surface area contributed by atoms with Gasteiger partial charge in [0.2, 0.25) is 0 Å². The number of carbonyl (C=O) groups excluding carboxylic acids is 3. The van der Waals surface area contributed by atoms with Gasteiger partial charge in [-0.25, -0.2) is 14.4 Å². The first kappa shape index (κ1) is 30.4. The van der Waals surface area contributed by atoms with E-state index in [1.807, 2.05) is 38.1 Å². The van der Waals surface area contributed by atoms with E-state index in [0.29, 0.717) is 52.2 Å². The molecule has 3 aromatic carbocycles. The van der Waals surface area contributed by atoms with Crippen LogP contribution in [-0.2, 0) is 14.9 Å². The predicted octanol–water partition coefficient (Wildman–Crippen LogP) is 7.51. The highest BCUT2D eigenvalue weighted by Gasteiger charge is 2.25. The number of esters is 2. The van der Waals surface area contributed by atoms with Gasteiger partial charge in [-0.3, -0.25) is 0 Å². The highest BCUT2D eigenvalue weighted by Crippen LogP contribution is 2.43. The van der Waals surface area contributed by atoms with Gasteiger partial charge in [0, 0.05) is 24.2 Å². The van der Waals surface area contributed by atoms with Gasteiger partial charge in [0.1, 0.15) is 5.75 Å². The maximum Gasteiger partial charge on any atom is 0.415 e. The molecule has 0 radical (unpaired) electrons.